The fourth-order valence-electron chi connectivity index (χ4n) is 3.45. The summed E-state index contributed by atoms with van der Waals surface area (Å²) in [6, 6.07) is 0. The average Bonchev–Trinajstić information content (AvgIpc) is 3.07. The average molecular weight is 747 g/mol. The van der Waals surface area contributed by atoms with Crippen molar-refractivity contribution >= 4 is 17.9 Å². The molecule has 1 aliphatic rings. The van der Waals surface area contributed by atoms with Gasteiger partial charge < -0.3 is 24.1 Å². The first-order valence-electron chi connectivity index (χ1n) is 14.1. The molecule has 1 fully saturated rings. The highest BCUT2D eigenvalue weighted by Gasteiger charge is 2.86. The summed E-state index contributed by atoms with van der Waals surface area (Å²) in [5, 5.41) is 9.27. The van der Waals surface area contributed by atoms with Crippen LogP contribution in [0, 0.1) is 16.7 Å². The minimum atomic E-state index is -6.06. The molecular weight excluding hydrogens is 697 g/mol. The van der Waals surface area contributed by atoms with Gasteiger partial charge in [-0.15, -0.1) is 0 Å². The topological polar surface area (TPSA) is 108 Å². The van der Waals surface area contributed by atoms with E-state index in [2.05, 4.69) is 14.2 Å². The highest BCUT2D eigenvalue weighted by molar-refractivity contribution is 5.77. The normalized spacial score (nSPS) is 21.8. The van der Waals surface area contributed by atoms with Gasteiger partial charge in [-0.1, -0.05) is 42.5 Å². The number of alkyl halides is 11. The Morgan fingerprint density at radius 1 is 0.755 bits per heavy atom. The largest absolute Gasteiger partial charge is 0.462 e. The van der Waals surface area contributed by atoms with E-state index in [1.165, 1.54) is 48.5 Å². The van der Waals surface area contributed by atoms with E-state index in [0.717, 1.165) is 0 Å². The third-order valence-corrected chi connectivity index (χ3v) is 7.95. The van der Waals surface area contributed by atoms with Crippen LogP contribution in [0.3, 0.4) is 0 Å². The maximum absolute atomic E-state index is 14.9. The molecule has 0 spiro atoms. The highest BCUT2D eigenvalue weighted by atomic mass is 19.4. The van der Waals surface area contributed by atoms with E-state index in [0.29, 0.717) is 20.8 Å². The van der Waals surface area contributed by atoms with E-state index in [9.17, 15) is 67.8 Å². The van der Waals surface area contributed by atoms with Crippen molar-refractivity contribution in [2.24, 2.45) is 16.7 Å². The van der Waals surface area contributed by atoms with E-state index in [4.69, 9.17) is 4.74 Å². The van der Waals surface area contributed by atoms with E-state index in [1.807, 2.05) is 0 Å². The standard InChI is InChI=1S/C16H23F5O5.C12H18F6O3.2CH4/c1-7-12(4,5)11(23)26-13(6)8-24-15(14(13,17)18,16(19,20)21)25-10(22)9(2)3;1-6-8(2,3)7(19)21-9(4,5)10(20,11(13,14)15)12(16,17)18;;/h9H,7-8H2,1-6H3;20H,6H2,1-5H3;2*1H4. The molecule has 2 unspecified atom stereocenters. The molecule has 8 nitrogen and oxygen atoms in total. The second kappa shape index (κ2) is 15.4. The molecule has 0 radical (unpaired) electrons. The van der Waals surface area contributed by atoms with Crippen molar-refractivity contribution in [2.45, 2.75) is 151 Å². The summed E-state index contributed by atoms with van der Waals surface area (Å²) in [6.45, 7) is 11.0. The van der Waals surface area contributed by atoms with Gasteiger partial charge in [0.25, 0.3) is 5.60 Å². The Hall–Kier alpha value is -2.44. The lowest BCUT2D eigenvalue weighted by atomic mass is 9.83. The molecule has 0 aliphatic carbocycles. The number of halogens is 11. The van der Waals surface area contributed by atoms with Gasteiger partial charge in [-0.25, -0.2) is 0 Å². The van der Waals surface area contributed by atoms with E-state index in [-0.39, 0.29) is 27.7 Å². The number of aliphatic hydroxyl groups is 1. The van der Waals surface area contributed by atoms with Crippen LogP contribution in [-0.4, -0.2) is 76.7 Å². The van der Waals surface area contributed by atoms with Crippen molar-refractivity contribution in [3.63, 3.8) is 0 Å². The molecule has 0 amide bonds. The molecule has 1 aliphatic heterocycles. The third kappa shape index (κ3) is 9.47. The molecule has 2 atom stereocenters. The fourth-order valence-corrected chi connectivity index (χ4v) is 3.45. The minimum absolute atomic E-state index is 0. The predicted octanol–water partition coefficient (Wildman–Crippen LogP) is 8.72. The second-order valence-electron chi connectivity index (χ2n) is 13.3. The van der Waals surface area contributed by atoms with Crippen molar-refractivity contribution in [1.29, 1.82) is 0 Å². The molecule has 294 valence electrons. The lowest BCUT2D eigenvalue weighted by Crippen LogP contribution is -2.70. The predicted molar refractivity (Wildman–Crippen MR) is 154 cm³/mol. The van der Waals surface area contributed by atoms with E-state index >= 15 is 0 Å². The van der Waals surface area contributed by atoms with E-state index in [1.54, 1.807) is 6.92 Å². The number of ether oxygens (including phenoxy) is 4. The Morgan fingerprint density at radius 3 is 1.43 bits per heavy atom. The second-order valence-corrected chi connectivity index (χ2v) is 13.3. The summed E-state index contributed by atoms with van der Waals surface area (Å²) in [5.41, 5.74) is -13.9. The van der Waals surface area contributed by atoms with Crippen molar-refractivity contribution < 1.29 is 86.7 Å². The Bertz CT molecular complexity index is 1130. The van der Waals surface area contributed by atoms with Gasteiger partial charge in [0.1, 0.15) is 0 Å². The van der Waals surface area contributed by atoms with Gasteiger partial charge in [-0.2, -0.15) is 48.3 Å². The molecule has 19 heteroatoms. The third-order valence-electron chi connectivity index (χ3n) is 7.95. The molecule has 49 heavy (non-hydrogen) atoms. The van der Waals surface area contributed by atoms with Crippen LogP contribution >= 0.6 is 0 Å². The van der Waals surface area contributed by atoms with Crippen molar-refractivity contribution in [1.82, 2.24) is 0 Å². The van der Waals surface area contributed by atoms with Crippen LogP contribution in [0.25, 0.3) is 0 Å². The number of hydrogen-bond acceptors (Lipinski definition) is 8. The number of rotatable bonds is 9. The molecule has 0 aromatic rings. The Balaban J connectivity index is -0.000000849. The van der Waals surface area contributed by atoms with Crippen LogP contribution in [0.5, 0.6) is 0 Å². The lowest BCUT2D eigenvalue weighted by molar-refractivity contribution is -0.410. The highest BCUT2D eigenvalue weighted by Crippen LogP contribution is 2.57. The Kier molecular flexibility index (Phi) is 16.0. The van der Waals surface area contributed by atoms with Crippen LogP contribution in [0.4, 0.5) is 48.3 Å². The van der Waals surface area contributed by atoms with Gasteiger partial charge in [0.05, 0.1) is 23.4 Å². The number of carbonyl (C=O) groups excluding carboxylic acids is 3. The summed E-state index contributed by atoms with van der Waals surface area (Å²) in [7, 11) is 0. The number of carbonyl (C=O) groups is 3. The zero-order valence-corrected chi connectivity index (χ0v) is 27.7. The van der Waals surface area contributed by atoms with Gasteiger partial charge in [0, 0.05) is 0 Å². The summed E-state index contributed by atoms with van der Waals surface area (Å²) in [6.07, 6.45) is -17.5. The van der Waals surface area contributed by atoms with Crippen molar-refractivity contribution in [2.75, 3.05) is 6.61 Å². The van der Waals surface area contributed by atoms with Crippen LogP contribution < -0.4 is 0 Å². The maximum Gasteiger partial charge on any atom is 0.462 e. The van der Waals surface area contributed by atoms with Gasteiger partial charge in [-0.3, -0.25) is 14.4 Å². The van der Waals surface area contributed by atoms with Crippen molar-refractivity contribution in [3.8, 4) is 0 Å². The first-order valence-corrected chi connectivity index (χ1v) is 14.1. The SMILES string of the molecule is C.C.CCC(C)(C)C(=O)OC(C)(C)C(O)(C(F)(F)F)C(F)(F)F.CCC(C)(C)C(=O)OC1(C)COC(OC(=O)C(C)C)(C(F)(F)F)C1(F)F. The maximum atomic E-state index is 14.9. The van der Waals surface area contributed by atoms with Crippen molar-refractivity contribution in [3.05, 3.63) is 0 Å². The first kappa shape index (κ1) is 50.9. The molecule has 1 saturated heterocycles. The summed E-state index contributed by atoms with van der Waals surface area (Å²) >= 11 is 0. The first-order chi connectivity index (χ1) is 20.4. The van der Waals surface area contributed by atoms with Gasteiger partial charge >= 0.3 is 48.1 Å². The van der Waals surface area contributed by atoms with Gasteiger partial charge in [0.2, 0.25) is 5.60 Å². The minimum Gasteiger partial charge on any atom is -0.455 e. The summed E-state index contributed by atoms with van der Waals surface area (Å²) in [4.78, 5) is 35.5. The van der Waals surface area contributed by atoms with Crippen LogP contribution in [0.1, 0.15) is 104 Å². The van der Waals surface area contributed by atoms with Crippen LogP contribution in [0.2, 0.25) is 0 Å². The zero-order valence-electron chi connectivity index (χ0n) is 27.7. The molecular formula is C30H49F11O8. The molecule has 1 heterocycles. The Morgan fingerprint density at radius 2 is 1.12 bits per heavy atom. The van der Waals surface area contributed by atoms with Gasteiger partial charge in [0.15, 0.2) is 5.60 Å². The molecule has 1 N–H and O–H groups in total. The lowest BCUT2D eigenvalue weighted by Gasteiger charge is -2.44. The molecule has 0 bridgehead atoms. The number of hydrogen-bond donors (Lipinski definition) is 1. The quantitative estimate of drug-likeness (QED) is 0.142. The molecule has 0 saturated carbocycles. The summed E-state index contributed by atoms with van der Waals surface area (Å²) < 4.78 is 164. The number of esters is 3. The molecule has 0 aromatic heterocycles. The fraction of sp³-hybridized carbons (Fsp3) is 0.900. The summed E-state index contributed by atoms with van der Waals surface area (Å²) in [5.74, 6) is -14.4. The molecule has 1 rings (SSSR count). The molecule has 0 aromatic carbocycles. The van der Waals surface area contributed by atoms with Gasteiger partial charge in [-0.05, 0) is 61.3 Å². The smallest absolute Gasteiger partial charge is 0.455 e. The monoisotopic (exact) mass is 746 g/mol. The Labute approximate surface area is 279 Å². The zero-order chi connectivity index (χ0) is 38.3. The van der Waals surface area contributed by atoms with Crippen LogP contribution in [-0.2, 0) is 33.3 Å². The van der Waals surface area contributed by atoms with E-state index < -0.39 is 88.3 Å². The van der Waals surface area contributed by atoms with Crippen LogP contribution in [0.15, 0.2) is 0 Å².